The second-order valence-electron chi connectivity index (χ2n) is 8.74. The fraction of sp³-hybridized carbons (Fsp3) is 0.625. The number of hydrogen-bond donors (Lipinski definition) is 2. The van der Waals surface area contributed by atoms with E-state index in [0.717, 1.165) is 57.5 Å². The van der Waals surface area contributed by atoms with Crippen LogP contribution in [0.25, 0.3) is 0 Å². The van der Waals surface area contributed by atoms with Crippen molar-refractivity contribution in [3.63, 3.8) is 0 Å². The first kappa shape index (κ1) is 25.0. The van der Waals surface area contributed by atoms with E-state index in [2.05, 4.69) is 57.4 Å². The van der Waals surface area contributed by atoms with Crippen LogP contribution in [0.1, 0.15) is 61.7 Å². The van der Waals surface area contributed by atoms with Gasteiger partial charge in [0.1, 0.15) is 12.2 Å². The Morgan fingerprint density at radius 1 is 1.28 bits per heavy atom. The summed E-state index contributed by atoms with van der Waals surface area (Å²) in [5, 5.41) is 15.3. The summed E-state index contributed by atoms with van der Waals surface area (Å²) < 4.78 is 7.62. The molecule has 32 heavy (non-hydrogen) atoms. The molecular formula is C24H37IN6O. The molecule has 2 aliphatic rings. The molecule has 2 unspecified atom stereocenters. The highest BCUT2D eigenvalue weighted by Crippen LogP contribution is 2.24. The van der Waals surface area contributed by atoms with E-state index in [1.54, 1.807) is 6.33 Å². The minimum atomic E-state index is 0. The summed E-state index contributed by atoms with van der Waals surface area (Å²) >= 11 is 0. The van der Waals surface area contributed by atoms with E-state index in [-0.39, 0.29) is 30.0 Å². The summed E-state index contributed by atoms with van der Waals surface area (Å²) in [4.78, 5) is 4.89. The number of ether oxygens (including phenoxy) is 1. The van der Waals surface area contributed by atoms with Gasteiger partial charge in [-0.2, -0.15) is 0 Å². The molecule has 7 nitrogen and oxygen atoms in total. The number of aryl methyl sites for hydroxylation is 3. The van der Waals surface area contributed by atoms with E-state index in [1.807, 2.05) is 0 Å². The average Bonchev–Trinajstić information content (AvgIpc) is 3.48. The third-order valence-electron chi connectivity index (χ3n) is 6.41. The van der Waals surface area contributed by atoms with Gasteiger partial charge in [0.15, 0.2) is 5.96 Å². The summed E-state index contributed by atoms with van der Waals surface area (Å²) in [6, 6.07) is 7.17. The highest BCUT2D eigenvalue weighted by Gasteiger charge is 2.17. The van der Waals surface area contributed by atoms with Crippen LogP contribution in [0.3, 0.4) is 0 Å². The normalized spacial score (nSPS) is 19.2. The standard InChI is InChI=1S/C24H36N6O.HI/c1-3-23-29-27-17-30(23)12-11-25-24(26-15-19-10-13-31-16-19)28-18(2)21-9-8-20-6-4-5-7-22(20)14-21;/h8-9,14,17-19H,3-7,10-13,15-16H2,1-2H3,(H2,25,26,28);1H. The molecule has 4 rings (SSSR count). The molecule has 1 fully saturated rings. The Hall–Kier alpha value is -1.68. The number of aliphatic imine (C=N–C) groups is 1. The van der Waals surface area contributed by atoms with Crippen molar-refractivity contribution < 1.29 is 4.74 Å². The number of fused-ring (bicyclic) bond motifs is 1. The van der Waals surface area contributed by atoms with E-state index in [0.29, 0.717) is 5.92 Å². The second-order valence-corrected chi connectivity index (χ2v) is 8.74. The molecule has 176 valence electrons. The van der Waals surface area contributed by atoms with Gasteiger partial charge in [-0.15, -0.1) is 34.2 Å². The molecule has 0 amide bonds. The first-order valence-electron chi connectivity index (χ1n) is 11.8. The Morgan fingerprint density at radius 2 is 2.12 bits per heavy atom. The van der Waals surface area contributed by atoms with Gasteiger partial charge in [-0.1, -0.05) is 25.1 Å². The zero-order valence-electron chi connectivity index (χ0n) is 19.3. The first-order chi connectivity index (χ1) is 15.2. The summed E-state index contributed by atoms with van der Waals surface area (Å²) in [7, 11) is 0. The lowest BCUT2D eigenvalue weighted by Crippen LogP contribution is -2.40. The molecule has 2 aromatic rings. The number of guanidine groups is 1. The van der Waals surface area contributed by atoms with Crippen molar-refractivity contribution in [1.29, 1.82) is 0 Å². The molecule has 1 aliphatic heterocycles. The van der Waals surface area contributed by atoms with Crippen LogP contribution >= 0.6 is 24.0 Å². The van der Waals surface area contributed by atoms with Crippen molar-refractivity contribution in [3.8, 4) is 0 Å². The van der Waals surface area contributed by atoms with Crippen LogP contribution < -0.4 is 10.6 Å². The van der Waals surface area contributed by atoms with Crippen LogP contribution in [0.2, 0.25) is 0 Å². The van der Waals surface area contributed by atoms with Gasteiger partial charge >= 0.3 is 0 Å². The molecule has 0 radical (unpaired) electrons. The molecule has 0 bridgehead atoms. The SMILES string of the molecule is CCc1nncn1CCNC(=NCC1CCOC1)NC(C)c1ccc2c(c1)CCCC2.I. The molecule has 2 heterocycles. The monoisotopic (exact) mass is 552 g/mol. The maximum Gasteiger partial charge on any atom is 0.191 e. The number of nitrogens with zero attached hydrogens (tertiary/aromatic N) is 4. The number of rotatable bonds is 8. The Labute approximate surface area is 208 Å². The summed E-state index contributed by atoms with van der Waals surface area (Å²) in [6.45, 7) is 8.37. The zero-order valence-corrected chi connectivity index (χ0v) is 21.7. The lowest BCUT2D eigenvalue weighted by atomic mass is 9.89. The lowest BCUT2D eigenvalue weighted by Gasteiger charge is -2.22. The topological polar surface area (TPSA) is 76.4 Å². The number of halogens is 1. The van der Waals surface area contributed by atoms with E-state index >= 15 is 0 Å². The fourth-order valence-electron chi connectivity index (χ4n) is 4.45. The predicted octanol–water partition coefficient (Wildman–Crippen LogP) is 3.67. The highest BCUT2D eigenvalue weighted by atomic mass is 127. The van der Waals surface area contributed by atoms with E-state index < -0.39 is 0 Å². The minimum absolute atomic E-state index is 0. The van der Waals surface area contributed by atoms with Crippen LogP contribution in [-0.2, 0) is 30.5 Å². The maximum atomic E-state index is 5.52. The molecule has 1 aliphatic carbocycles. The molecule has 1 aromatic heterocycles. The van der Waals surface area contributed by atoms with Crippen molar-refractivity contribution in [2.45, 2.75) is 65.0 Å². The fourth-order valence-corrected chi connectivity index (χ4v) is 4.45. The molecule has 2 N–H and O–H groups in total. The van der Waals surface area contributed by atoms with Gasteiger partial charge in [-0.25, -0.2) is 0 Å². The third-order valence-corrected chi connectivity index (χ3v) is 6.41. The quantitative estimate of drug-likeness (QED) is 0.297. The number of benzene rings is 1. The van der Waals surface area contributed by atoms with Crippen LogP contribution in [0.4, 0.5) is 0 Å². The van der Waals surface area contributed by atoms with Gasteiger partial charge in [0, 0.05) is 38.6 Å². The van der Waals surface area contributed by atoms with Crippen LogP contribution in [-0.4, -0.2) is 47.0 Å². The zero-order chi connectivity index (χ0) is 21.5. The smallest absolute Gasteiger partial charge is 0.191 e. The van der Waals surface area contributed by atoms with Crippen molar-refractivity contribution >= 4 is 29.9 Å². The van der Waals surface area contributed by atoms with Gasteiger partial charge in [0.05, 0.1) is 12.6 Å². The first-order valence-corrected chi connectivity index (χ1v) is 11.8. The summed E-state index contributed by atoms with van der Waals surface area (Å²) in [6.07, 6.45) is 8.83. The predicted molar refractivity (Wildman–Crippen MR) is 139 cm³/mol. The molecule has 0 spiro atoms. The number of hydrogen-bond acceptors (Lipinski definition) is 4. The van der Waals surface area contributed by atoms with Gasteiger partial charge in [-0.05, 0) is 55.7 Å². The number of aromatic nitrogens is 3. The molecule has 0 saturated carbocycles. The van der Waals surface area contributed by atoms with Crippen molar-refractivity contribution in [2.75, 3.05) is 26.3 Å². The molecule has 1 saturated heterocycles. The summed E-state index contributed by atoms with van der Waals surface area (Å²) in [5.74, 6) is 2.39. The second kappa shape index (κ2) is 12.5. The van der Waals surface area contributed by atoms with E-state index in [9.17, 15) is 0 Å². The lowest BCUT2D eigenvalue weighted by molar-refractivity contribution is 0.187. The Morgan fingerprint density at radius 3 is 2.91 bits per heavy atom. The molecule has 2 atom stereocenters. The van der Waals surface area contributed by atoms with Crippen molar-refractivity contribution in [3.05, 3.63) is 47.0 Å². The number of nitrogens with one attached hydrogen (secondary N) is 2. The largest absolute Gasteiger partial charge is 0.381 e. The molecule has 8 heteroatoms. The third kappa shape index (κ3) is 6.66. The van der Waals surface area contributed by atoms with E-state index in [1.165, 1.54) is 42.4 Å². The maximum absolute atomic E-state index is 5.52. The minimum Gasteiger partial charge on any atom is -0.381 e. The van der Waals surface area contributed by atoms with Crippen LogP contribution in [0.5, 0.6) is 0 Å². The average molecular weight is 553 g/mol. The van der Waals surface area contributed by atoms with Crippen molar-refractivity contribution in [1.82, 2.24) is 25.4 Å². The van der Waals surface area contributed by atoms with Crippen LogP contribution in [0.15, 0.2) is 29.5 Å². The van der Waals surface area contributed by atoms with Gasteiger partial charge in [-0.3, -0.25) is 4.99 Å². The molecular weight excluding hydrogens is 515 g/mol. The van der Waals surface area contributed by atoms with Gasteiger partial charge < -0.3 is 19.9 Å². The van der Waals surface area contributed by atoms with Gasteiger partial charge in [0.2, 0.25) is 0 Å². The van der Waals surface area contributed by atoms with Crippen molar-refractivity contribution in [2.24, 2.45) is 10.9 Å². The summed E-state index contributed by atoms with van der Waals surface area (Å²) in [5.41, 5.74) is 4.37. The molecule has 1 aromatic carbocycles. The van der Waals surface area contributed by atoms with E-state index in [4.69, 9.17) is 9.73 Å². The Kier molecular flexibility index (Phi) is 9.77. The highest BCUT2D eigenvalue weighted by molar-refractivity contribution is 14.0. The van der Waals surface area contributed by atoms with Crippen LogP contribution in [0, 0.1) is 5.92 Å². The van der Waals surface area contributed by atoms with Gasteiger partial charge in [0.25, 0.3) is 0 Å². The Bertz CT molecular complexity index is 877. The Balaban J connectivity index is 0.00000289.